The Hall–Kier alpha value is -1.63. The van der Waals surface area contributed by atoms with Gasteiger partial charge in [-0.3, -0.25) is 4.79 Å². The van der Waals surface area contributed by atoms with Gasteiger partial charge in [0, 0.05) is 11.9 Å². The van der Waals surface area contributed by atoms with Crippen LogP contribution in [0.1, 0.15) is 18.5 Å². The predicted molar refractivity (Wildman–Crippen MR) is 61.7 cm³/mol. The molecule has 2 rings (SSSR count). The summed E-state index contributed by atoms with van der Waals surface area (Å²) in [5, 5.41) is 16.0. The first-order valence-electron chi connectivity index (χ1n) is 5.25. The molecule has 0 spiro atoms. The molecule has 1 heterocycles. The summed E-state index contributed by atoms with van der Waals surface area (Å²) in [7, 11) is 0. The maximum absolute atomic E-state index is 11.4. The van der Waals surface area contributed by atoms with Crippen LogP contribution in [0.3, 0.4) is 0 Å². The molecule has 0 aliphatic heterocycles. The standard InChI is InChI=1S/C10H13N3O3S/c14-8(15)10(1-2-10)5-12-9(16)11-3-7-4-17-6-13-7/h4,6H,1-3,5H2,(H,14,15)(H2,11,12,16). The van der Waals surface area contributed by atoms with Gasteiger partial charge in [-0.05, 0) is 12.8 Å². The number of amides is 2. The lowest BCUT2D eigenvalue weighted by molar-refractivity contribution is -0.143. The third kappa shape index (κ3) is 2.94. The first kappa shape index (κ1) is 11.8. The third-order valence-electron chi connectivity index (χ3n) is 2.81. The fourth-order valence-corrected chi connectivity index (χ4v) is 1.98. The topological polar surface area (TPSA) is 91.3 Å². The van der Waals surface area contributed by atoms with E-state index in [1.165, 1.54) is 11.3 Å². The number of thiazole rings is 1. The minimum Gasteiger partial charge on any atom is -0.481 e. The molecule has 0 saturated heterocycles. The Morgan fingerprint density at radius 2 is 2.24 bits per heavy atom. The van der Waals surface area contributed by atoms with Gasteiger partial charge in [-0.1, -0.05) is 0 Å². The lowest BCUT2D eigenvalue weighted by Crippen LogP contribution is -2.40. The molecular formula is C10H13N3O3S. The van der Waals surface area contributed by atoms with Crippen molar-refractivity contribution in [3.8, 4) is 0 Å². The van der Waals surface area contributed by atoms with E-state index in [4.69, 9.17) is 5.11 Å². The highest BCUT2D eigenvalue weighted by molar-refractivity contribution is 7.07. The Balaban J connectivity index is 1.70. The van der Waals surface area contributed by atoms with E-state index < -0.39 is 11.4 Å². The molecule has 0 aromatic carbocycles. The summed E-state index contributed by atoms with van der Waals surface area (Å²) >= 11 is 1.46. The first-order chi connectivity index (χ1) is 8.12. The molecule has 6 nitrogen and oxygen atoms in total. The highest BCUT2D eigenvalue weighted by Crippen LogP contribution is 2.45. The van der Waals surface area contributed by atoms with E-state index in [-0.39, 0.29) is 12.6 Å². The minimum atomic E-state index is -0.836. The quantitative estimate of drug-likeness (QED) is 0.726. The van der Waals surface area contributed by atoms with Crippen LogP contribution in [-0.4, -0.2) is 28.6 Å². The summed E-state index contributed by atoms with van der Waals surface area (Å²) in [6.45, 7) is 0.542. The van der Waals surface area contributed by atoms with E-state index in [1.54, 1.807) is 5.51 Å². The van der Waals surface area contributed by atoms with Crippen molar-refractivity contribution in [1.29, 1.82) is 0 Å². The molecule has 92 valence electrons. The number of nitrogens with zero attached hydrogens (tertiary/aromatic N) is 1. The Morgan fingerprint density at radius 3 is 2.76 bits per heavy atom. The zero-order chi connectivity index (χ0) is 12.3. The van der Waals surface area contributed by atoms with Crippen molar-refractivity contribution in [2.75, 3.05) is 6.54 Å². The number of rotatable bonds is 5. The molecule has 7 heteroatoms. The van der Waals surface area contributed by atoms with Crippen LogP contribution < -0.4 is 10.6 Å². The number of carboxylic acid groups (broad SMARTS) is 1. The normalized spacial score (nSPS) is 16.2. The van der Waals surface area contributed by atoms with E-state index in [1.807, 2.05) is 5.38 Å². The number of hydrogen-bond donors (Lipinski definition) is 3. The van der Waals surface area contributed by atoms with Gasteiger partial charge in [0.15, 0.2) is 0 Å². The van der Waals surface area contributed by atoms with Crippen molar-refractivity contribution in [1.82, 2.24) is 15.6 Å². The van der Waals surface area contributed by atoms with Gasteiger partial charge < -0.3 is 15.7 Å². The van der Waals surface area contributed by atoms with Crippen LogP contribution in [-0.2, 0) is 11.3 Å². The molecule has 1 aromatic rings. The number of hydrogen-bond acceptors (Lipinski definition) is 4. The molecule has 0 bridgehead atoms. The molecule has 3 N–H and O–H groups in total. The lowest BCUT2D eigenvalue weighted by Gasteiger charge is -2.11. The maximum Gasteiger partial charge on any atom is 0.315 e. The number of urea groups is 1. The first-order valence-corrected chi connectivity index (χ1v) is 6.19. The summed E-state index contributed by atoms with van der Waals surface area (Å²) < 4.78 is 0. The molecule has 1 fully saturated rings. The molecular weight excluding hydrogens is 242 g/mol. The Labute approximate surface area is 102 Å². The van der Waals surface area contributed by atoms with Crippen LogP contribution in [0.15, 0.2) is 10.9 Å². The summed E-state index contributed by atoms with van der Waals surface area (Å²) in [5.74, 6) is -0.836. The summed E-state index contributed by atoms with van der Waals surface area (Å²) in [6.07, 6.45) is 1.27. The van der Waals surface area contributed by atoms with Crippen LogP contribution in [0.4, 0.5) is 4.79 Å². The van der Waals surface area contributed by atoms with Crippen LogP contribution in [0, 0.1) is 5.41 Å². The molecule has 1 aromatic heterocycles. The Bertz CT molecular complexity index is 414. The van der Waals surface area contributed by atoms with Crippen molar-refractivity contribution >= 4 is 23.3 Å². The van der Waals surface area contributed by atoms with Crippen molar-refractivity contribution in [2.24, 2.45) is 5.41 Å². The van der Waals surface area contributed by atoms with Gasteiger partial charge in [0.25, 0.3) is 0 Å². The van der Waals surface area contributed by atoms with Gasteiger partial charge in [-0.15, -0.1) is 11.3 Å². The fraction of sp³-hybridized carbons (Fsp3) is 0.500. The largest absolute Gasteiger partial charge is 0.481 e. The predicted octanol–water partition coefficient (Wildman–Crippen LogP) is 0.807. The highest BCUT2D eigenvalue weighted by atomic mass is 32.1. The second-order valence-corrected chi connectivity index (χ2v) is 4.82. The molecule has 1 saturated carbocycles. The number of carbonyl (C=O) groups is 2. The average Bonchev–Trinajstić information content (AvgIpc) is 2.93. The molecule has 17 heavy (non-hydrogen) atoms. The number of carboxylic acids is 1. The van der Waals surface area contributed by atoms with Gasteiger partial charge in [0.05, 0.1) is 23.2 Å². The van der Waals surface area contributed by atoms with Gasteiger partial charge in [0.2, 0.25) is 0 Å². The second kappa shape index (κ2) is 4.70. The maximum atomic E-state index is 11.4. The molecule has 2 amide bonds. The van der Waals surface area contributed by atoms with E-state index in [0.29, 0.717) is 19.4 Å². The molecule has 0 atom stereocenters. The number of aromatic nitrogens is 1. The van der Waals surface area contributed by atoms with Gasteiger partial charge >= 0.3 is 12.0 Å². The fourth-order valence-electron chi connectivity index (χ4n) is 1.42. The van der Waals surface area contributed by atoms with E-state index in [9.17, 15) is 9.59 Å². The molecule has 1 aliphatic rings. The third-order valence-corrected chi connectivity index (χ3v) is 3.44. The lowest BCUT2D eigenvalue weighted by atomic mass is 10.1. The second-order valence-electron chi connectivity index (χ2n) is 4.10. The summed E-state index contributed by atoms with van der Waals surface area (Å²) in [6, 6.07) is -0.356. The smallest absolute Gasteiger partial charge is 0.315 e. The van der Waals surface area contributed by atoms with Crippen molar-refractivity contribution < 1.29 is 14.7 Å². The summed E-state index contributed by atoms with van der Waals surface area (Å²) in [5.41, 5.74) is 1.76. The zero-order valence-electron chi connectivity index (χ0n) is 9.10. The van der Waals surface area contributed by atoms with Crippen LogP contribution >= 0.6 is 11.3 Å². The highest BCUT2D eigenvalue weighted by Gasteiger charge is 2.50. The van der Waals surface area contributed by atoms with Gasteiger partial charge in [-0.25, -0.2) is 9.78 Å². The van der Waals surface area contributed by atoms with E-state index >= 15 is 0 Å². The Morgan fingerprint density at radius 1 is 1.47 bits per heavy atom. The van der Waals surface area contributed by atoms with Crippen LogP contribution in [0.25, 0.3) is 0 Å². The average molecular weight is 255 g/mol. The van der Waals surface area contributed by atoms with Crippen LogP contribution in [0.2, 0.25) is 0 Å². The van der Waals surface area contributed by atoms with Crippen molar-refractivity contribution in [2.45, 2.75) is 19.4 Å². The monoisotopic (exact) mass is 255 g/mol. The minimum absolute atomic E-state index is 0.186. The number of carbonyl (C=O) groups excluding carboxylic acids is 1. The van der Waals surface area contributed by atoms with E-state index in [0.717, 1.165) is 5.69 Å². The van der Waals surface area contributed by atoms with Gasteiger partial charge in [0.1, 0.15) is 0 Å². The Kier molecular flexibility index (Phi) is 3.28. The summed E-state index contributed by atoms with van der Waals surface area (Å²) in [4.78, 5) is 26.3. The van der Waals surface area contributed by atoms with Gasteiger partial charge in [-0.2, -0.15) is 0 Å². The molecule has 0 radical (unpaired) electrons. The number of nitrogens with one attached hydrogen (secondary N) is 2. The van der Waals surface area contributed by atoms with Crippen molar-refractivity contribution in [3.63, 3.8) is 0 Å². The van der Waals surface area contributed by atoms with Crippen LogP contribution in [0.5, 0.6) is 0 Å². The zero-order valence-corrected chi connectivity index (χ0v) is 9.92. The van der Waals surface area contributed by atoms with E-state index in [2.05, 4.69) is 15.6 Å². The SMILES string of the molecule is O=C(NCc1cscn1)NCC1(C(=O)O)CC1. The van der Waals surface area contributed by atoms with Crippen molar-refractivity contribution in [3.05, 3.63) is 16.6 Å². The molecule has 1 aliphatic carbocycles. The molecule has 0 unspecified atom stereocenters. The number of aliphatic carboxylic acids is 1.